The highest BCUT2D eigenvalue weighted by Crippen LogP contribution is 2.21. The SMILES string of the molecule is Nc1cnn(-c2ccc(F)cc2Cl)c1. The summed E-state index contributed by atoms with van der Waals surface area (Å²) < 4.78 is 14.2. The topological polar surface area (TPSA) is 43.8 Å². The zero-order valence-corrected chi connectivity index (χ0v) is 7.87. The number of rotatable bonds is 1. The Morgan fingerprint density at radius 3 is 2.79 bits per heavy atom. The van der Waals surface area contributed by atoms with Crippen molar-refractivity contribution in [3.05, 3.63) is 41.4 Å². The van der Waals surface area contributed by atoms with Crippen molar-refractivity contribution in [1.29, 1.82) is 0 Å². The quantitative estimate of drug-likeness (QED) is 0.786. The summed E-state index contributed by atoms with van der Waals surface area (Å²) in [7, 11) is 0. The molecule has 0 unspecified atom stereocenters. The fourth-order valence-electron chi connectivity index (χ4n) is 1.14. The normalized spacial score (nSPS) is 10.4. The summed E-state index contributed by atoms with van der Waals surface area (Å²) in [6, 6.07) is 4.10. The number of nitrogen functional groups attached to an aromatic ring is 1. The van der Waals surface area contributed by atoms with E-state index < -0.39 is 0 Å². The van der Waals surface area contributed by atoms with Gasteiger partial charge in [0.1, 0.15) is 5.82 Å². The predicted octanol–water partition coefficient (Wildman–Crippen LogP) is 2.25. The zero-order chi connectivity index (χ0) is 10.1. The van der Waals surface area contributed by atoms with Gasteiger partial charge in [-0.1, -0.05) is 11.6 Å². The maximum Gasteiger partial charge on any atom is 0.124 e. The minimum atomic E-state index is -0.376. The molecule has 0 amide bonds. The number of hydrogen-bond acceptors (Lipinski definition) is 2. The summed E-state index contributed by atoms with van der Waals surface area (Å²) in [5, 5.41) is 4.26. The summed E-state index contributed by atoms with van der Waals surface area (Å²) in [6.45, 7) is 0. The molecule has 0 radical (unpaired) electrons. The van der Waals surface area contributed by atoms with Crippen LogP contribution in [0.5, 0.6) is 0 Å². The first kappa shape index (κ1) is 9.02. The molecule has 0 saturated heterocycles. The fourth-order valence-corrected chi connectivity index (χ4v) is 1.39. The Labute approximate surface area is 84.9 Å². The molecule has 0 bridgehead atoms. The van der Waals surface area contributed by atoms with Crippen LogP contribution in [0.25, 0.3) is 5.69 Å². The second-order valence-electron chi connectivity index (χ2n) is 2.81. The second-order valence-corrected chi connectivity index (χ2v) is 3.22. The van der Waals surface area contributed by atoms with Crippen LogP contribution in [0.1, 0.15) is 0 Å². The van der Waals surface area contributed by atoms with Gasteiger partial charge in [-0.2, -0.15) is 5.10 Å². The van der Waals surface area contributed by atoms with Crippen LogP contribution in [0.3, 0.4) is 0 Å². The Morgan fingerprint density at radius 1 is 1.43 bits per heavy atom. The standard InChI is InChI=1S/C9H7ClFN3/c10-8-3-6(11)1-2-9(8)14-5-7(12)4-13-14/h1-5H,12H2. The van der Waals surface area contributed by atoms with Gasteiger partial charge in [0.15, 0.2) is 0 Å². The summed E-state index contributed by atoms with van der Waals surface area (Å²) in [6.07, 6.45) is 3.11. The van der Waals surface area contributed by atoms with E-state index in [-0.39, 0.29) is 5.82 Å². The Balaban J connectivity index is 2.52. The molecule has 1 aromatic carbocycles. The zero-order valence-electron chi connectivity index (χ0n) is 7.11. The van der Waals surface area contributed by atoms with Crippen molar-refractivity contribution < 1.29 is 4.39 Å². The van der Waals surface area contributed by atoms with Gasteiger partial charge >= 0.3 is 0 Å². The molecule has 0 aliphatic heterocycles. The van der Waals surface area contributed by atoms with E-state index >= 15 is 0 Å². The molecule has 1 heterocycles. The predicted molar refractivity (Wildman–Crippen MR) is 52.9 cm³/mol. The Morgan fingerprint density at radius 2 is 2.21 bits per heavy atom. The Hall–Kier alpha value is -1.55. The van der Waals surface area contributed by atoms with Gasteiger partial charge in [0, 0.05) is 0 Å². The summed E-state index contributed by atoms with van der Waals surface area (Å²) in [5.41, 5.74) is 6.63. The molecule has 0 aliphatic rings. The minimum Gasteiger partial charge on any atom is -0.396 e. The van der Waals surface area contributed by atoms with Crippen LogP contribution in [0, 0.1) is 5.82 Å². The lowest BCUT2D eigenvalue weighted by Crippen LogP contribution is -1.95. The van der Waals surface area contributed by atoms with E-state index in [1.54, 1.807) is 12.3 Å². The van der Waals surface area contributed by atoms with E-state index in [0.717, 1.165) is 0 Å². The van der Waals surface area contributed by atoms with Gasteiger partial charge in [0.05, 0.1) is 28.8 Å². The summed E-state index contributed by atoms with van der Waals surface area (Å²) in [5.74, 6) is -0.376. The first-order valence-electron chi connectivity index (χ1n) is 3.92. The smallest absolute Gasteiger partial charge is 0.124 e. The third kappa shape index (κ3) is 1.56. The largest absolute Gasteiger partial charge is 0.396 e. The van der Waals surface area contributed by atoms with Crippen molar-refractivity contribution in [2.45, 2.75) is 0 Å². The van der Waals surface area contributed by atoms with E-state index in [0.29, 0.717) is 16.4 Å². The lowest BCUT2D eigenvalue weighted by Gasteiger charge is -2.03. The average Bonchev–Trinajstić information content (AvgIpc) is 2.51. The van der Waals surface area contributed by atoms with Gasteiger partial charge < -0.3 is 5.73 Å². The van der Waals surface area contributed by atoms with E-state index in [9.17, 15) is 4.39 Å². The summed E-state index contributed by atoms with van der Waals surface area (Å²) >= 11 is 5.83. The molecule has 0 atom stereocenters. The molecule has 2 rings (SSSR count). The molecule has 0 fully saturated rings. The third-order valence-corrected chi connectivity index (χ3v) is 2.06. The average molecular weight is 212 g/mol. The van der Waals surface area contributed by atoms with Crippen molar-refractivity contribution in [3.63, 3.8) is 0 Å². The molecule has 1 aromatic heterocycles. The number of nitrogens with two attached hydrogens (primary N) is 1. The van der Waals surface area contributed by atoms with E-state index in [4.69, 9.17) is 17.3 Å². The van der Waals surface area contributed by atoms with Crippen molar-refractivity contribution in [3.8, 4) is 5.69 Å². The van der Waals surface area contributed by atoms with E-state index in [1.807, 2.05) is 0 Å². The van der Waals surface area contributed by atoms with Crippen molar-refractivity contribution in [1.82, 2.24) is 9.78 Å². The van der Waals surface area contributed by atoms with Crippen LogP contribution in [-0.4, -0.2) is 9.78 Å². The molecule has 14 heavy (non-hydrogen) atoms. The first-order chi connectivity index (χ1) is 6.66. The van der Waals surface area contributed by atoms with Crippen LogP contribution >= 0.6 is 11.6 Å². The molecule has 3 nitrogen and oxygen atoms in total. The molecule has 72 valence electrons. The van der Waals surface area contributed by atoms with Crippen molar-refractivity contribution in [2.75, 3.05) is 5.73 Å². The third-order valence-electron chi connectivity index (χ3n) is 1.76. The molecular formula is C9H7ClFN3. The lowest BCUT2D eigenvalue weighted by molar-refractivity contribution is 0.627. The lowest BCUT2D eigenvalue weighted by atomic mass is 10.3. The number of halogens is 2. The van der Waals surface area contributed by atoms with Gasteiger partial charge in [-0.05, 0) is 18.2 Å². The van der Waals surface area contributed by atoms with Crippen LogP contribution in [-0.2, 0) is 0 Å². The molecule has 0 spiro atoms. The molecule has 0 saturated carbocycles. The van der Waals surface area contributed by atoms with Gasteiger partial charge in [0.25, 0.3) is 0 Å². The Kier molecular flexibility index (Phi) is 2.13. The van der Waals surface area contributed by atoms with E-state index in [2.05, 4.69) is 5.10 Å². The number of aromatic nitrogens is 2. The highest BCUT2D eigenvalue weighted by molar-refractivity contribution is 6.32. The monoisotopic (exact) mass is 211 g/mol. The number of benzene rings is 1. The van der Waals surface area contributed by atoms with Crippen LogP contribution in [0.4, 0.5) is 10.1 Å². The van der Waals surface area contributed by atoms with Gasteiger partial charge in [-0.15, -0.1) is 0 Å². The number of anilines is 1. The number of nitrogens with zero attached hydrogens (tertiary/aromatic N) is 2. The molecular weight excluding hydrogens is 205 g/mol. The van der Waals surface area contributed by atoms with Gasteiger partial charge in [-0.25, -0.2) is 9.07 Å². The highest BCUT2D eigenvalue weighted by atomic mass is 35.5. The van der Waals surface area contributed by atoms with Crippen LogP contribution < -0.4 is 5.73 Å². The van der Waals surface area contributed by atoms with Gasteiger partial charge in [-0.3, -0.25) is 0 Å². The molecule has 2 N–H and O–H groups in total. The summed E-state index contributed by atoms with van der Waals surface area (Å²) in [4.78, 5) is 0. The minimum absolute atomic E-state index is 0.299. The van der Waals surface area contributed by atoms with E-state index in [1.165, 1.54) is 23.0 Å². The van der Waals surface area contributed by atoms with Crippen molar-refractivity contribution >= 4 is 17.3 Å². The highest BCUT2D eigenvalue weighted by Gasteiger charge is 2.04. The fraction of sp³-hybridized carbons (Fsp3) is 0. The van der Waals surface area contributed by atoms with Gasteiger partial charge in [0.2, 0.25) is 0 Å². The second kappa shape index (κ2) is 3.31. The number of hydrogen-bond donors (Lipinski definition) is 1. The van der Waals surface area contributed by atoms with Crippen LogP contribution in [0.2, 0.25) is 5.02 Å². The maximum absolute atomic E-state index is 12.7. The van der Waals surface area contributed by atoms with Crippen LogP contribution in [0.15, 0.2) is 30.6 Å². The molecule has 5 heteroatoms. The van der Waals surface area contributed by atoms with Crippen molar-refractivity contribution in [2.24, 2.45) is 0 Å². The Bertz CT molecular complexity index is 467. The molecule has 0 aliphatic carbocycles. The maximum atomic E-state index is 12.7. The molecule has 2 aromatic rings. The first-order valence-corrected chi connectivity index (χ1v) is 4.30.